The van der Waals surface area contributed by atoms with Crippen LogP contribution in [0.25, 0.3) is 16.9 Å². The van der Waals surface area contributed by atoms with E-state index in [-0.39, 0.29) is 33.9 Å². The number of halogens is 2. The number of rotatable bonds is 6. The number of piperidine rings is 1. The van der Waals surface area contributed by atoms with Gasteiger partial charge in [0.1, 0.15) is 17.3 Å². The van der Waals surface area contributed by atoms with E-state index in [1.54, 1.807) is 12.1 Å². The van der Waals surface area contributed by atoms with Crippen molar-refractivity contribution in [3.63, 3.8) is 0 Å². The van der Waals surface area contributed by atoms with Gasteiger partial charge in [0.2, 0.25) is 0 Å². The number of nitrogens with one attached hydrogen (secondary N) is 2. The zero-order chi connectivity index (χ0) is 26.2. The lowest BCUT2D eigenvalue weighted by atomic mass is 10.00. The summed E-state index contributed by atoms with van der Waals surface area (Å²) >= 11 is 6.36. The van der Waals surface area contributed by atoms with Crippen LogP contribution >= 0.6 is 11.6 Å². The monoisotopic (exact) mass is 530 g/mol. The van der Waals surface area contributed by atoms with E-state index in [4.69, 9.17) is 11.6 Å². The molecule has 8 nitrogen and oxygen atoms in total. The molecule has 3 unspecified atom stereocenters. The van der Waals surface area contributed by atoms with Crippen LogP contribution in [0.15, 0.2) is 72.9 Å². The van der Waals surface area contributed by atoms with Gasteiger partial charge in [-0.3, -0.25) is 14.6 Å². The third-order valence-corrected chi connectivity index (χ3v) is 7.41. The summed E-state index contributed by atoms with van der Waals surface area (Å²) in [5.74, 6) is -0.579. The van der Waals surface area contributed by atoms with Gasteiger partial charge in [0.15, 0.2) is 5.69 Å². The molecule has 2 aliphatic rings. The molecule has 3 atom stereocenters. The summed E-state index contributed by atoms with van der Waals surface area (Å²) in [6.07, 6.45) is 2.55. The Bertz CT molecular complexity index is 1530. The van der Waals surface area contributed by atoms with E-state index in [2.05, 4.69) is 25.6 Å². The molecule has 2 amide bonds. The molecule has 6 rings (SSSR count). The van der Waals surface area contributed by atoms with Crippen LogP contribution in [-0.2, 0) is 0 Å². The van der Waals surface area contributed by atoms with Gasteiger partial charge in [-0.1, -0.05) is 35.9 Å². The largest absolute Gasteiger partial charge is 0.346 e. The van der Waals surface area contributed by atoms with Crippen molar-refractivity contribution in [1.29, 1.82) is 0 Å². The van der Waals surface area contributed by atoms with Gasteiger partial charge < -0.3 is 15.5 Å². The summed E-state index contributed by atoms with van der Waals surface area (Å²) in [4.78, 5) is 32.9. The molecule has 0 aliphatic carbocycles. The van der Waals surface area contributed by atoms with Gasteiger partial charge in [0.25, 0.3) is 11.8 Å². The molecule has 10 heteroatoms. The second kappa shape index (κ2) is 10.00. The fourth-order valence-electron chi connectivity index (χ4n) is 5.17. The smallest absolute Gasteiger partial charge is 0.272 e. The number of amides is 2. The van der Waals surface area contributed by atoms with Gasteiger partial charge in [-0.05, 0) is 55.3 Å². The molecule has 0 spiro atoms. The van der Waals surface area contributed by atoms with Crippen LogP contribution in [0.2, 0.25) is 5.02 Å². The summed E-state index contributed by atoms with van der Waals surface area (Å²) < 4.78 is 15.8. The number of hydrogen-bond donors (Lipinski definition) is 2. The van der Waals surface area contributed by atoms with Crippen LogP contribution in [0.3, 0.4) is 0 Å². The van der Waals surface area contributed by atoms with Gasteiger partial charge >= 0.3 is 0 Å². The van der Waals surface area contributed by atoms with Gasteiger partial charge in [0.05, 0.1) is 16.3 Å². The number of para-hydroxylation sites is 1. The fraction of sp³-hybridized carbons (Fsp3) is 0.214. The van der Waals surface area contributed by atoms with E-state index in [1.807, 2.05) is 30.3 Å². The van der Waals surface area contributed by atoms with Crippen LogP contribution in [0.4, 0.5) is 10.2 Å². The lowest BCUT2D eigenvalue weighted by Crippen LogP contribution is -2.43. The Hall–Kier alpha value is -4.08. The summed E-state index contributed by atoms with van der Waals surface area (Å²) in [6, 6.07) is 18.2. The molecule has 2 aromatic heterocycles. The number of aromatic nitrogens is 3. The SMILES string of the molecule is O=C(NC1CN2CCC1C2)c1cc(NC(=O)c2cc(-c3ncccc3F)ccc2Cl)n(-c2ccccc2)n1. The van der Waals surface area contributed by atoms with Gasteiger partial charge in [-0.2, -0.15) is 5.10 Å². The Kier molecular flexibility index (Phi) is 6.39. The average molecular weight is 531 g/mol. The van der Waals surface area contributed by atoms with E-state index in [0.29, 0.717) is 23.0 Å². The quantitative estimate of drug-likeness (QED) is 0.385. The second-order valence-electron chi connectivity index (χ2n) is 9.53. The number of carbonyl (C=O) groups excluding carboxylic acids is 2. The standard InChI is InChI=1S/C28H24ClFN6O2/c29-21-9-8-17(26-22(30)7-4-11-31-26)13-20(21)27(37)33-25-14-23(34-36(25)19-5-2-1-3-6-19)28(38)32-24-16-35-12-10-18(24)15-35/h1-9,11,13-14,18,24H,10,12,15-16H2,(H,32,38)(H,33,37). The Morgan fingerprint density at radius 2 is 1.84 bits per heavy atom. The van der Waals surface area contributed by atoms with E-state index < -0.39 is 11.7 Å². The lowest BCUT2D eigenvalue weighted by Gasteiger charge is -2.22. The number of fused-ring (bicyclic) bond motifs is 2. The molecule has 2 aromatic carbocycles. The molecule has 38 heavy (non-hydrogen) atoms. The first-order chi connectivity index (χ1) is 18.5. The Morgan fingerprint density at radius 3 is 2.58 bits per heavy atom. The van der Waals surface area contributed by atoms with Crippen LogP contribution in [-0.4, -0.2) is 57.2 Å². The zero-order valence-electron chi connectivity index (χ0n) is 20.3. The molecule has 2 fully saturated rings. The number of nitrogens with zero attached hydrogens (tertiary/aromatic N) is 4. The molecule has 0 radical (unpaired) electrons. The fourth-order valence-corrected chi connectivity index (χ4v) is 5.37. The Morgan fingerprint density at radius 1 is 1.00 bits per heavy atom. The minimum atomic E-state index is -0.530. The molecule has 2 bridgehead atoms. The third-order valence-electron chi connectivity index (χ3n) is 7.08. The van der Waals surface area contributed by atoms with Crippen molar-refractivity contribution >= 4 is 29.2 Å². The maximum Gasteiger partial charge on any atom is 0.272 e. The summed E-state index contributed by atoms with van der Waals surface area (Å²) in [6.45, 7) is 2.92. The van der Waals surface area contributed by atoms with Crippen molar-refractivity contribution in [3.8, 4) is 16.9 Å². The van der Waals surface area contributed by atoms with Crippen molar-refractivity contribution in [2.45, 2.75) is 12.5 Å². The van der Waals surface area contributed by atoms with Crippen LogP contribution in [0.5, 0.6) is 0 Å². The van der Waals surface area contributed by atoms with Crippen LogP contribution in [0.1, 0.15) is 27.3 Å². The highest BCUT2D eigenvalue weighted by molar-refractivity contribution is 6.34. The Labute approximate surface area is 223 Å². The molecular weight excluding hydrogens is 507 g/mol. The number of carbonyl (C=O) groups is 2. The van der Waals surface area contributed by atoms with Crippen molar-refractivity contribution in [2.24, 2.45) is 5.92 Å². The summed E-state index contributed by atoms with van der Waals surface area (Å²) in [5.41, 5.74) is 1.53. The van der Waals surface area contributed by atoms with Crippen LogP contribution < -0.4 is 10.6 Å². The Balaban J connectivity index is 1.30. The number of anilines is 1. The van der Waals surface area contributed by atoms with E-state index >= 15 is 0 Å². The van der Waals surface area contributed by atoms with Gasteiger partial charge in [-0.25, -0.2) is 9.07 Å². The average Bonchev–Trinajstić information content (AvgIpc) is 3.66. The highest BCUT2D eigenvalue weighted by atomic mass is 35.5. The number of benzene rings is 2. The molecule has 4 heterocycles. The molecule has 4 aromatic rings. The third kappa shape index (κ3) is 4.66. The van der Waals surface area contributed by atoms with Gasteiger partial charge in [-0.15, -0.1) is 0 Å². The summed E-state index contributed by atoms with van der Waals surface area (Å²) in [7, 11) is 0. The highest BCUT2D eigenvalue weighted by Crippen LogP contribution is 2.29. The first kappa shape index (κ1) is 24.3. The molecule has 0 saturated carbocycles. The van der Waals surface area contributed by atoms with Crippen molar-refractivity contribution < 1.29 is 14.0 Å². The van der Waals surface area contributed by atoms with Crippen LogP contribution in [0, 0.1) is 11.7 Å². The van der Waals surface area contributed by atoms with E-state index in [9.17, 15) is 14.0 Å². The molecular formula is C28H24ClFN6O2. The molecule has 2 saturated heterocycles. The molecule has 192 valence electrons. The van der Waals surface area contributed by atoms with Crippen molar-refractivity contribution in [2.75, 3.05) is 25.0 Å². The second-order valence-corrected chi connectivity index (χ2v) is 9.94. The summed E-state index contributed by atoms with van der Waals surface area (Å²) in [5, 5.41) is 10.6. The maximum absolute atomic E-state index is 14.3. The van der Waals surface area contributed by atoms with Crippen molar-refractivity contribution in [1.82, 2.24) is 25.0 Å². The predicted octanol–water partition coefficient (Wildman–Crippen LogP) is 4.41. The number of pyridine rings is 1. The molecule has 2 aliphatic heterocycles. The van der Waals surface area contributed by atoms with E-state index in [0.717, 1.165) is 26.1 Å². The predicted molar refractivity (Wildman–Crippen MR) is 142 cm³/mol. The molecule has 2 N–H and O–H groups in total. The lowest BCUT2D eigenvalue weighted by molar-refractivity contribution is 0.0918. The normalized spacial score (nSPS) is 19.9. The van der Waals surface area contributed by atoms with Crippen molar-refractivity contribution in [3.05, 3.63) is 95.0 Å². The minimum absolute atomic E-state index is 0.0877. The topological polar surface area (TPSA) is 92.2 Å². The zero-order valence-corrected chi connectivity index (χ0v) is 21.0. The first-order valence-electron chi connectivity index (χ1n) is 12.4. The number of hydrogen-bond acceptors (Lipinski definition) is 5. The van der Waals surface area contributed by atoms with E-state index in [1.165, 1.54) is 35.1 Å². The highest BCUT2D eigenvalue weighted by Gasteiger charge is 2.39. The van der Waals surface area contributed by atoms with Gasteiger partial charge in [0, 0.05) is 37.0 Å². The minimum Gasteiger partial charge on any atom is -0.346 e. The first-order valence-corrected chi connectivity index (χ1v) is 12.7. The maximum atomic E-state index is 14.3.